The molecule has 1 N–H and O–H groups in total. The molecule has 0 saturated carbocycles. The Morgan fingerprint density at radius 3 is 2.71 bits per heavy atom. The lowest BCUT2D eigenvalue weighted by molar-refractivity contribution is -0.517. The number of imide groups is 1. The number of nitrogens with zero attached hydrogens (tertiary/aromatic N) is 3. The van der Waals surface area contributed by atoms with Gasteiger partial charge in [-0.1, -0.05) is 0 Å². The number of fused-ring (bicyclic) bond motifs is 1. The van der Waals surface area contributed by atoms with E-state index in [2.05, 4.69) is 5.32 Å². The van der Waals surface area contributed by atoms with Crippen LogP contribution in [0.1, 0.15) is 0 Å². The van der Waals surface area contributed by atoms with Gasteiger partial charge in [0, 0.05) is 14.1 Å². The molecule has 2 aliphatic heterocycles. The maximum Gasteiger partial charge on any atom is 0.329 e. The van der Waals surface area contributed by atoms with Crippen molar-refractivity contribution in [3.05, 3.63) is 0 Å². The van der Waals surface area contributed by atoms with Gasteiger partial charge in [0.25, 0.3) is 5.91 Å². The lowest BCUT2D eigenvalue weighted by Gasteiger charge is -2.34. The molecule has 0 radical (unpaired) electrons. The van der Waals surface area contributed by atoms with Crippen LogP contribution in [0.3, 0.4) is 0 Å². The number of hydrogen-bond acceptors (Lipinski definition) is 3. The highest BCUT2D eigenvalue weighted by Gasteiger charge is 2.51. The van der Waals surface area contributed by atoms with Gasteiger partial charge in [-0.05, 0) is 0 Å². The van der Waals surface area contributed by atoms with E-state index in [0.29, 0.717) is 0 Å². The summed E-state index contributed by atoms with van der Waals surface area (Å²) in [5.74, 6) is -0.165. The van der Waals surface area contributed by atoms with Gasteiger partial charge in [0.1, 0.15) is 0 Å². The molecule has 2 heterocycles. The molecule has 0 unspecified atom stereocenters. The van der Waals surface area contributed by atoms with Gasteiger partial charge in [0.2, 0.25) is 18.5 Å². The normalized spacial score (nSPS) is 31.5. The molecule has 3 amide bonds. The summed E-state index contributed by atoms with van der Waals surface area (Å²) in [6.07, 6.45) is 1.48. The molecule has 76 valence electrons. The maximum atomic E-state index is 11.7. The van der Waals surface area contributed by atoms with Gasteiger partial charge < -0.3 is 0 Å². The van der Waals surface area contributed by atoms with Gasteiger partial charge in [-0.2, -0.15) is 0 Å². The Hall–Kier alpha value is -1.59. The van der Waals surface area contributed by atoms with Crippen LogP contribution in [0.15, 0.2) is 0 Å². The SMILES string of the molecule is CN1C(=O)[C@@H]2[C@@H](NC=[N+]2C)N(C)C1=O. The fourth-order valence-electron chi connectivity index (χ4n) is 1.87. The third-order valence-corrected chi connectivity index (χ3v) is 2.78. The smallest absolute Gasteiger partial charge is 0.284 e. The fourth-order valence-corrected chi connectivity index (χ4v) is 1.87. The van der Waals surface area contributed by atoms with E-state index in [4.69, 9.17) is 0 Å². The molecule has 0 aromatic heterocycles. The zero-order chi connectivity index (χ0) is 10.5. The summed E-state index contributed by atoms with van der Waals surface area (Å²) in [5, 5.41) is 3.00. The first kappa shape index (κ1) is 8.98. The summed E-state index contributed by atoms with van der Waals surface area (Å²) in [5.41, 5.74) is 0. The topological polar surface area (TPSA) is 55.7 Å². The molecule has 0 bridgehead atoms. The monoisotopic (exact) mass is 197 g/mol. The van der Waals surface area contributed by atoms with Crippen LogP contribution in [0.2, 0.25) is 0 Å². The Balaban J connectivity index is 2.36. The number of hydrogen-bond donors (Lipinski definition) is 1. The van der Waals surface area contributed by atoms with Crippen LogP contribution >= 0.6 is 0 Å². The predicted molar refractivity (Wildman–Crippen MR) is 48.9 cm³/mol. The highest BCUT2D eigenvalue weighted by atomic mass is 16.2. The van der Waals surface area contributed by atoms with Crippen LogP contribution in [0.4, 0.5) is 4.79 Å². The largest absolute Gasteiger partial charge is 0.329 e. The summed E-state index contributed by atoms with van der Waals surface area (Å²) in [7, 11) is 5.00. The van der Waals surface area contributed by atoms with Crippen LogP contribution in [0, 0.1) is 0 Å². The van der Waals surface area contributed by atoms with E-state index in [-0.39, 0.29) is 24.1 Å². The van der Waals surface area contributed by atoms with Gasteiger partial charge in [-0.15, -0.1) is 0 Å². The van der Waals surface area contributed by atoms with E-state index in [9.17, 15) is 9.59 Å². The minimum atomic E-state index is -0.303. The van der Waals surface area contributed by atoms with Crippen molar-refractivity contribution in [2.75, 3.05) is 21.1 Å². The third-order valence-electron chi connectivity index (χ3n) is 2.78. The summed E-state index contributed by atoms with van der Waals surface area (Å²) in [6.45, 7) is 0. The number of carbonyl (C=O) groups is 2. The van der Waals surface area contributed by atoms with Gasteiger partial charge >= 0.3 is 6.03 Å². The molecular weight excluding hydrogens is 184 g/mol. The van der Waals surface area contributed by atoms with Crippen LogP contribution in [-0.4, -0.2) is 66.0 Å². The van der Waals surface area contributed by atoms with E-state index < -0.39 is 0 Å². The molecule has 2 atom stereocenters. The Kier molecular flexibility index (Phi) is 1.73. The first-order valence-electron chi connectivity index (χ1n) is 4.39. The van der Waals surface area contributed by atoms with Crippen molar-refractivity contribution in [2.45, 2.75) is 12.2 Å². The molecule has 0 aliphatic carbocycles. The number of amides is 3. The summed E-state index contributed by atoms with van der Waals surface area (Å²) >= 11 is 0. The second-order valence-electron chi connectivity index (χ2n) is 3.64. The molecular formula is C8H13N4O2+. The van der Waals surface area contributed by atoms with Crippen molar-refractivity contribution in [2.24, 2.45) is 0 Å². The average molecular weight is 197 g/mol. The Morgan fingerprint density at radius 1 is 1.43 bits per heavy atom. The summed E-state index contributed by atoms with van der Waals surface area (Å²) in [6, 6.07) is -0.574. The fraction of sp³-hybridized carbons (Fsp3) is 0.625. The predicted octanol–water partition coefficient (Wildman–Crippen LogP) is -1.52. The van der Waals surface area contributed by atoms with Crippen LogP contribution in [0.5, 0.6) is 0 Å². The van der Waals surface area contributed by atoms with Crippen LogP contribution < -0.4 is 5.32 Å². The lowest BCUT2D eigenvalue weighted by Crippen LogP contribution is -2.65. The van der Waals surface area contributed by atoms with Crippen molar-refractivity contribution in [1.82, 2.24) is 15.1 Å². The molecule has 0 aromatic rings. The first-order chi connectivity index (χ1) is 6.54. The highest BCUT2D eigenvalue weighted by Crippen LogP contribution is 2.17. The molecule has 0 spiro atoms. The van der Waals surface area contributed by atoms with Crippen LogP contribution in [-0.2, 0) is 4.79 Å². The summed E-state index contributed by atoms with van der Waals surface area (Å²) in [4.78, 5) is 26.0. The van der Waals surface area contributed by atoms with Crippen molar-refractivity contribution >= 4 is 18.3 Å². The molecule has 2 rings (SSSR count). The van der Waals surface area contributed by atoms with E-state index >= 15 is 0 Å². The Labute approximate surface area is 81.8 Å². The number of likely N-dealkylation sites (N-methyl/N-ethyl adjacent to an activating group) is 3. The van der Waals surface area contributed by atoms with E-state index in [1.807, 2.05) is 7.05 Å². The molecule has 1 fully saturated rings. The highest BCUT2D eigenvalue weighted by molar-refractivity contribution is 6.00. The average Bonchev–Trinajstić information content (AvgIpc) is 2.54. The minimum absolute atomic E-state index is 0.165. The Morgan fingerprint density at radius 2 is 2.07 bits per heavy atom. The molecule has 14 heavy (non-hydrogen) atoms. The van der Waals surface area contributed by atoms with Crippen molar-refractivity contribution in [3.63, 3.8) is 0 Å². The molecule has 6 heteroatoms. The number of nitrogens with one attached hydrogen (secondary N) is 1. The van der Waals surface area contributed by atoms with Crippen molar-refractivity contribution in [1.29, 1.82) is 0 Å². The zero-order valence-corrected chi connectivity index (χ0v) is 8.39. The molecule has 0 aromatic carbocycles. The summed E-state index contributed by atoms with van der Waals surface area (Å²) < 4.78 is 1.78. The zero-order valence-electron chi connectivity index (χ0n) is 8.39. The molecule has 1 saturated heterocycles. The maximum absolute atomic E-state index is 11.7. The number of urea groups is 1. The molecule has 2 aliphatic rings. The Bertz CT molecular complexity index is 338. The van der Waals surface area contributed by atoms with E-state index in [1.54, 1.807) is 18.0 Å². The van der Waals surface area contributed by atoms with Gasteiger partial charge in [-0.25, -0.2) is 4.79 Å². The van der Waals surface area contributed by atoms with Gasteiger partial charge in [0.15, 0.2) is 0 Å². The quantitative estimate of drug-likeness (QED) is 0.480. The standard InChI is InChI=1S/C8H12N4O2/c1-10-4-9-6-5(10)7(13)12(3)8(14)11(6)2/h4-6H,1-3H3/p+1/t5-,6-/m0/s1. The van der Waals surface area contributed by atoms with Gasteiger partial charge in [-0.3, -0.25) is 24.5 Å². The second kappa shape index (κ2) is 2.70. The van der Waals surface area contributed by atoms with E-state index in [1.165, 1.54) is 11.9 Å². The van der Waals surface area contributed by atoms with E-state index in [0.717, 1.165) is 4.90 Å². The van der Waals surface area contributed by atoms with Crippen molar-refractivity contribution < 1.29 is 14.2 Å². The lowest BCUT2D eigenvalue weighted by atomic mass is 10.1. The first-order valence-corrected chi connectivity index (χ1v) is 4.39. The third kappa shape index (κ3) is 0.934. The van der Waals surface area contributed by atoms with Crippen molar-refractivity contribution in [3.8, 4) is 0 Å². The molecule has 6 nitrogen and oxygen atoms in total. The minimum Gasteiger partial charge on any atom is -0.284 e. The second-order valence-corrected chi connectivity index (χ2v) is 3.64. The number of carbonyl (C=O) groups excluding carboxylic acids is 2. The van der Waals surface area contributed by atoms with Gasteiger partial charge in [0.05, 0.1) is 7.05 Å². The number of rotatable bonds is 0. The van der Waals surface area contributed by atoms with Crippen LogP contribution in [0.25, 0.3) is 0 Å².